The predicted octanol–water partition coefficient (Wildman–Crippen LogP) is 5.93. The Labute approximate surface area is 238 Å². The first kappa shape index (κ1) is 29.8. The number of benzene rings is 2. The average molecular weight is 609 g/mol. The fourth-order valence-electron chi connectivity index (χ4n) is 4.26. The molecule has 1 saturated carbocycles. The van der Waals surface area contributed by atoms with Gasteiger partial charge in [-0.2, -0.15) is 0 Å². The number of hydrogen-bond acceptors (Lipinski definition) is 4. The Bertz CT molecular complexity index is 1250. The first-order valence-electron chi connectivity index (χ1n) is 11.8. The summed E-state index contributed by atoms with van der Waals surface area (Å²) >= 11 is 24.7. The topological polar surface area (TPSA) is 86.8 Å². The zero-order valence-corrected chi connectivity index (χ0v) is 24.4. The molecule has 3 rings (SSSR count). The van der Waals surface area contributed by atoms with Crippen molar-refractivity contribution in [3.05, 3.63) is 62.1 Å². The minimum Gasteiger partial charge on any atom is -0.352 e. The van der Waals surface area contributed by atoms with Gasteiger partial charge in [-0.1, -0.05) is 71.7 Å². The molecule has 12 heteroatoms. The number of halogens is 4. The smallest absolute Gasteiger partial charge is 0.244 e. The maximum atomic E-state index is 13.7. The Kier molecular flexibility index (Phi) is 10.4. The van der Waals surface area contributed by atoms with Crippen LogP contribution in [-0.2, 0) is 26.2 Å². The molecule has 2 amide bonds. The summed E-state index contributed by atoms with van der Waals surface area (Å²) < 4.78 is 26.3. The van der Waals surface area contributed by atoms with Crippen molar-refractivity contribution in [2.75, 3.05) is 17.1 Å². The van der Waals surface area contributed by atoms with E-state index >= 15 is 0 Å². The zero-order valence-electron chi connectivity index (χ0n) is 20.5. The van der Waals surface area contributed by atoms with Gasteiger partial charge in [0.2, 0.25) is 21.8 Å². The van der Waals surface area contributed by atoms with Crippen molar-refractivity contribution >= 4 is 73.9 Å². The van der Waals surface area contributed by atoms with E-state index in [-0.39, 0.29) is 34.2 Å². The molecule has 1 N–H and O–H groups in total. The van der Waals surface area contributed by atoms with Crippen molar-refractivity contribution in [1.82, 2.24) is 10.2 Å². The van der Waals surface area contributed by atoms with Crippen LogP contribution in [-0.4, -0.2) is 50.0 Å². The van der Waals surface area contributed by atoms with Crippen molar-refractivity contribution in [2.45, 2.75) is 57.7 Å². The maximum Gasteiger partial charge on any atom is 0.244 e. The molecule has 0 spiro atoms. The fraction of sp³-hybridized carbons (Fsp3) is 0.440. The largest absolute Gasteiger partial charge is 0.352 e. The van der Waals surface area contributed by atoms with Crippen LogP contribution >= 0.6 is 46.4 Å². The number of sulfonamides is 1. The number of carbonyl (C=O) groups excluding carboxylic acids is 2. The van der Waals surface area contributed by atoms with Crippen molar-refractivity contribution in [3.8, 4) is 0 Å². The molecular formula is C25H29Cl4N3O4S. The van der Waals surface area contributed by atoms with Crippen LogP contribution in [0, 0.1) is 0 Å². The molecule has 0 saturated heterocycles. The summed E-state index contributed by atoms with van der Waals surface area (Å²) in [7, 11) is -3.94. The highest BCUT2D eigenvalue weighted by Crippen LogP contribution is 2.31. The third-order valence-corrected chi connectivity index (χ3v) is 8.60. The van der Waals surface area contributed by atoms with Gasteiger partial charge in [-0.05, 0) is 55.7 Å². The summed E-state index contributed by atoms with van der Waals surface area (Å²) in [4.78, 5) is 28.2. The number of nitrogens with zero attached hydrogens (tertiary/aromatic N) is 2. The van der Waals surface area contributed by atoms with Gasteiger partial charge in [-0.15, -0.1) is 0 Å². The van der Waals surface area contributed by atoms with Crippen LogP contribution in [0.25, 0.3) is 0 Å². The molecular weight excluding hydrogens is 580 g/mol. The zero-order chi connectivity index (χ0) is 27.3. The summed E-state index contributed by atoms with van der Waals surface area (Å²) in [6.45, 7) is 0.983. The molecule has 0 aliphatic heterocycles. The lowest BCUT2D eigenvalue weighted by Gasteiger charge is -2.33. The normalized spacial score (nSPS) is 15.2. The van der Waals surface area contributed by atoms with E-state index in [0.717, 1.165) is 42.7 Å². The van der Waals surface area contributed by atoms with Crippen molar-refractivity contribution in [1.29, 1.82) is 0 Å². The number of hydrogen-bond donors (Lipinski definition) is 1. The number of nitrogens with one attached hydrogen (secondary N) is 1. The standard InChI is InChI=1S/C25H29Cl4N3O4S/c1-16(25(34)30-20-6-4-3-5-7-20)31(14-17-8-9-18(26)12-22(17)29)24(33)15-32(37(2,35)36)23-13-19(27)10-11-21(23)28/h8-13,16,20H,3-7,14-15H2,1-2H3,(H,30,34)/t16-/m1/s1. The van der Waals surface area contributed by atoms with E-state index in [1.165, 1.54) is 23.1 Å². The molecule has 0 heterocycles. The third-order valence-electron chi connectivity index (χ3n) is 6.33. The van der Waals surface area contributed by atoms with Crippen molar-refractivity contribution in [3.63, 3.8) is 0 Å². The van der Waals surface area contributed by atoms with Crippen LogP contribution in [0.4, 0.5) is 5.69 Å². The average Bonchev–Trinajstić information content (AvgIpc) is 2.83. The highest BCUT2D eigenvalue weighted by Gasteiger charge is 2.32. The molecule has 1 atom stereocenters. The Hall–Kier alpha value is -1.71. The van der Waals surface area contributed by atoms with Crippen LogP contribution in [0.15, 0.2) is 36.4 Å². The molecule has 0 radical (unpaired) electrons. The van der Waals surface area contributed by atoms with Gasteiger partial charge in [0.1, 0.15) is 12.6 Å². The molecule has 0 bridgehead atoms. The van der Waals surface area contributed by atoms with Crippen LogP contribution < -0.4 is 9.62 Å². The molecule has 37 heavy (non-hydrogen) atoms. The minimum atomic E-state index is -3.94. The summed E-state index contributed by atoms with van der Waals surface area (Å²) in [6.07, 6.45) is 5.93. The predicted molar refractivity (Wildman–Crippen MR) is 150 cm³/mol. The van der Waals surface area contributed by atoms with Gasteiger partial charge in [0.05, 0.1) is 17.0 Å². The molecule has 0 unspecified atom stereocenters. The molecule has 0 aromatic heterocycles. The first-order valence-corrected chi connectivity index (χ1v) is 15.2. The van der Waals surface area contributed by atoms with Crippen LogP contribution in [0.2, 0.25) is 20.1 Å². The summed E-state index contributed by atoms with van der Waals surface area (Å²) in [5.41, 5.74) is 0.622. The highest BCUT2D eigenvalue weighted by atomic mass is 35.5. The van der Waals surface area contributed by atoms with Gasteiger partial charge in [-0.3, -0.25) is 13.9 Å². The van der Waals surface area contributed by atoms with Gasteiger partial charge < -0.3 is 10.2 Å². The monoisotopic (exact) mass is 607 g/mol. The van der Waals surface area contributed by atoms with Crippen LogP contribution in [0.1, 0.15) is 44.6 Å². The molecule has 1 aliphatic carbocycles. The van der Waals surface area contributed by atoms with E-state index in [2.05, 4.69) is 5.32 Å². The Morgan fingerprint density at radius 3 is 2.22 bits per heavy atom. The van der Waals surface area contributed by atoms with Gasteiger partial charge >= 0.3 is 0 Å². The second kappa shape index (κ2) is 12.9. The van der Waals surface area contributed by atoms with Crippen LogP contribution in [0.5, 0.6) is 0 Å². The minimum absolute atomic E-state index is 0.0328. The maximum absolute atomic E-state index is 13.7. The Morgan fingerprint density at radius 2 is 1.59 bits per heavy atom. The molecule has 202 valence electrons. The number of carbonyl (C=O) groups is 2. The van der Waals surface area contributed by atoms with Gasteiger partial charge in [-0.25, -0.2) is 8.42 Å². The van der Waals surface area contributed by atoms with Gasteiger partial charge in [0.25, 0.3) is 0 Å². The van der Waals surface area contributed by atoms with E-state index in [0.29, 0.717) is 15.6 Å². The van der Waals surface area contributed by atoms with E-state index in [9.17, 15) is 18.0 Å². The summed E-state index contributed by atoms with van der Waals surface area (Å²) in [5.74, 6) is -0.934. The van der Waals surface area contributed by atoms with E-state index < -0.39 is 28.5 Å². The van der Waals surface area contributed by atoms with E-state index in [1.807, 2.05) is 0 Å². The van der Waals surface area contributed by atoms with Gasteiger partial charge in [0, 0.05) is 27.7 Å². The lowest BCUT2D eigenvalue weighted by molar-refractivity contribution is -0.139. The second-order valence-corrected chi connectivity index (χ2v) is 12.7. The fourth-order valence-corrected chi connectivity index (χ4v) is 6.01. The third kappa shape index (κ3) is 8.14. The highest BCUT2D eigenvalue weighted by molar-refractivity contribution is 7.92. The Balaban J connectivity index is 1.93. The Morgan fingerprint density at radius 1 is 0.973 bits per heavy atom. The van der Waals surface area contributed by atoms with Gasteiger partial charge in [0.15, 0.2) is 0 Å². The lowest BCUT2D eigenvalue weighted by Crippen LogP contribution is -2.53. The molecule has 2 aromatic carbocycles. The van der Waals surface area contributed by atoms with E-state index in [1.54, 1.807) is 25.1 Å². The number of amides is 2. The van der Waals surface area contributed by atoms with E-state index in [4.69, 9.17) is 46.4 Å². The lowest BCUT2D eigenvalue weighted by atomic mass is 9.95. The van der Waals surface area contributed by atoms with Crippen molar-refractivity contribution in [2.24, 2.45) is 0 Å². The molecule has 1 fully saturated rings. The number of rotatable bonds is 9. The summed E-state index contributed by atoms with van der Waals surface area (Å²) in [5, 5.41) is 4.15. The quantitative estimate of drug-likeness (QED) is 0.382. The molecule has 7 nitrogen and oxygen atoms in total. The second-order valence-electron chi connectivity index (χ2n) is 9.14. The van der Waals surface area contributed by atoms with Crippen molar-refractivity contribution < 1.29 is 18.0 Å². The number of anilines is 1. The SMILES string of the molecule is C[C@H](C(=O)NC1CCCCC1)N(Cc1ccc(Cl)cc1Cl)C(=O)CN(c1cc(Cl)ccc1Cl)S(C)(=O)=O. The molecule has 1 aliphatic rings. The molecule has 2 aromatic rings. The van der Waals surface area contributed by atoms with Crippen LogP contribution in [0.3, 0.4) is 0 Å². The first-order chi connectivity index (χ1) is 17.4. The summed E-state index contributed by atoms with van der Waals surface area (Å²) in [6, 6.07) is 8.32.